The summed E-state index contributed by atoms with van der Waals surface area (Å²) in [5.74, 6) is -0.244. The summed E-state index contributed by atoms with van der Waals surface area (Å²) in [6.07, 6.45) is 0. The van der Waals surface area contributed by atoms with Gasteiger partial charge in [-0.15, -0.1) is 0 Å². The predicted molar refractivity (Wildman–Crippen MR) is 67.7 cm³/mol. The summed E-state index contributed by atoms with van der Waals surface area (Å²) in [5.41, 5.74) is 2.38. The lowest BCUT2D eigenvalue weighted by Gasteiger charge is -2.01. The van der Waals surface area contributed by atoms with E-state index in [9.17, 15) is 4.39 Å². The molecule has 0 radical (unpaired) electrons. The molecule has 18 heavy (non-hydrogen) atoms. The molecule has 0 unspecified atom stereocenters. The maximum atomic E-state index is 13.0. The fourth-order valence-electron chi connectivity index (χ4n) is 1.77. The number of anilines is 1. The van der Waals surface area contributed by atoms with Crippen LogP contribution in [0.4, 0.5) is 10.4 Å². The van der Waals surface area contributed by atoms with Crippen LogP contribution in [0.15, 0.2) is 52.9 Å². The van der Waals surface area contributed by atoms with Crippen LogP contribution in [0.1, 0.15) is 5.56 Å². The molecule has 1 aromatic heterocycles. The second-order valence-corrected chi connectivity index (χ2v) is 3.97. The van der Waals surface area contributed by atoms with Crippen molar-refractivity contribution >= 4 is 17.1 Å². The van der Waals surface area contributed by atoms with Gasteiger partial charge < -0.3 is 9.73 Å². The first-order valence-electron chi connectivity index (χ1n) is 5.65. The van der Waals surface area contributed by atoms with Crippen molar-refractivity contribution in [1.82, 2.24) is 4.98 Å². The Kier molecular flexibility index (Phi) is 2.68. The van der Waals surface area contributed by atoms with E-state index in [1.807, 2.05) is 30.3 Å². The van der Waals surface area contributed by atoms with E-state index in [-0.39, 0.29) is 5.82 Å². The Labute approximate surface area is 103 Å². The van der Waals surface area contributed by atoms with E-state index in [2.05, 4.69) is 10.3 Å². The quantitative estimate of drug-likeness (QED) is 0.762. The van der Waals surface area contributed by atoms with Gasteiger partial charge in [-0.2, -0.15) is 4.98 Å². The molecule has 0 aliphatic heterocycles. The van der Waals surface area contributed by atoms with Crippen LogP contribution in [0.2, 0.25) is 0 Å². The lowest BCUT2D eigenvalue weighted by atomic mass is 10.2. The van der Waals surface area contributed by atoms with Gasteiger partial charge in [0, 0.05) is 6.54 Å². The average molecular weight is 242 g/mol. The number of para-hydroxylation sites is 2. The van der Waals surface area contributed by atoms with Crippen molar-refractivity contribution in [3.8, 4) is 0 Å². The molecule has 0 aliphatic carbocycles. The molecular formula is C14H11FN2O. The standard InChI is InChI=1S/C14H11FN2O/c15-11-5-3-4-10(8-11)9-16-14-17-12-6-1-2-7-13(12)18-14/h1-8H,9H2,(H,16,17). The lowest BCUT2D eigenvalue weighted by Crippen LogP contribution is -1.99. The summed E-state index contributed by atoms with van der Waals surface area (Å²) in [6.45, 7) is 0.477. The minimum absolute atomic E-state index is 0.244. The molecule has 0 saturated heterocycles. The van der Waals surface area contributed by atoms with Crippen LogP contribution in [-0.4, -0.2) is 4.98 Å². The summed E-state index contributed by atoms with van der Waals surface area (Å²) < 4.78 is 18.5. The highest BCUT2D eigenvalue weighted by Gasteiger charge is 2.04. The van der Waals surface area contributed by atoms with Crippen molar-refractivity contribution in [3.63, 3.8) is 0 Å². The van der Waals surface area contributed by atoms with Gasteiger partial charge in [0.25, 0.3) is 6.01 Å². The van der Waals surface area contributed by atoms with Gasteiger partial charge in [0.05, 0.1) is 0 Å². The van der Waals surface area contributed by atoms with Crippen molar-refractivity contribution < 1.29 is 8.81 Å². The third-order valence-corrected chi connectivity index (χ3v) is 2.63. The first-order chi connectivity index (χ1) is 8.81. The maximum absolute atomic E-state index is 13.0. The normalized spacial score (nSPS) is 10.7. The number of aromatic nitrogens is 1. The first kappa shape index (κ1) is 10.8. The highest BCUT2D eigenvalue weighted by Crippen LogP contribution is 2.18. The topological polar surface area (TPSA) is 38.1 Å². The van der Waals surface area contributed by atoms with Crippen molar-refractivity contribution in [2.75, 3.05) is 5.32 Å². The largest absolute Gasteiger partial charge is 0.424 e. The summed E-state index contributed by atoms with van der Waals surface area (Å²) >= 11 is 0. The van der Waals surface area contributed by atoms with Crippen LogP contribution in [0, 0.1) is 5.82 Å². The molecule has 1 N–H and O–H groups in total. The van der Waals surface area contributed by atoms with Crippen molar-refractivity contribution in [2.24, 2.45) is 0 Å². The van der Waals surface area contributed by atoms with Gasteiger partial charge in [-0.05, 0) is 29.8 Å². The van der Waals surface area contributed by atoms with Crippen molar-refractivity contribution in [2.45, 2.75) is 6.54 Å². The molecular weight excluding hydrogens is 231 g/mol. The molecule has 90 valence electrons. The third-order valence-electron chi connectivity index (χ3n) is 2.63. The highest BCUT2D eigenvalue weighted by molar-refractivity contribution is 5.74. The number of oxazole rings is 1. The first-order valence-corrected chi connectivity index (χ1v) is 5.65. The number of nitrogens with zero attached hydrogens (tertiary/aromatic N) is 1. The smallest absolute Gasteiger partial charge is 0.295 e. The van der Waals surface area contributed by atoms with Gasteiger partial charge >= 0.3 is 0 Å². The van der Waals surface area contributed by atoms with E-state index >= 15 is 0 Å². The lowest BCUT2D eigenvalue weighted by molar-refractivity contribution is 0.612. The van der Waals surface area contributed by atoms with Crippen LogP contribution >= 0.6 is 0 Å². The number of nitrogens with one attached hydrogen (secondary N) is 1. The zero-order valence-electron chi connectivity index (χ0n) is 9.56. The van der Waals surface area contributed by atoms with Gasteiger partial charge in [0.1, 0.15) is 11.3 Å². The SMILES string of the molecule is Fc1cccc(CNc2nc3ccccc3o2)c1. The van der Waals surface area contributed by atoms with Crippen LogP contribution in [-0.2, 0) is 6.54 Å². The van der Waals surface area contributed by atoms with Crippen LogP contribution in [0.5, 0.6) is 0 Å². The summed E-state index contributed by atoms with van der Waals surface area (Å²) in [5, 5.41) is 3.03. The van der Waals surface area contributed by atoms with E-state index in [1.165, 1.54) is 12.1 Å². The van der Waals surface area contributed by atoms with E-state index < -0.39 is 0 Å². The molecule has 0 fully saturated rings. The highest BCUT2D eigenvalue weighted by atomic mass is 19.1. The Balaban J connectivity index is 1.76. The Morgan fingerprint density at radius 3 is 2.83 bits per heavy atom. The second kappa shape index (κ2) is 4.49. The van der Waals surface area contributed by atoms with Crippen LogP contribution in [0.3, 0.4) is 0 Å². The Hall–Kier alpha value is -2.36. The Morgan fingerprint density at radius 1 is 1.11 bits per heavy atom. The van der Waals surface area contributed by atoms with Gasteiger partial charge in [-0.3, -0.25) is 0 Å². The number of benzene rings is 2. The zero-order chi connectivity index (χ0) is 12.4. The molecule has 0 spiro atoms. The molecule has 4 heteroatoms. The third kappa shape index (κ3) is 2.18. The number of hydrogen-bond acceptors (Lipinski definition) is 3. The summed E-state index contributed by atoms with van der Waals surface area (Å²) in [6, 6.07) is 14.4. The average Bonchev–Trinajstić information content (AvgIpc) is 2.79. The number of fused-ring (bicyclic) bond motifs is 1. The van der Waals surface area contributed by atoms with Crippen molar-refractivity contribution in [3.05, 3.63) is 59.9 Å². The van der Waals surface area contributed by atoms with E-state index in [4.69, 9.17) is 4.42 Å². The molecule has 3 rings (SSSR count). The Bertz CT molecular complexity index is 645. The van der Waals surface area contributed by atoms with E-state index in [0.29, 0.717) is 12.6 Å². The minimum atomic E-state index is -0.244. The second-order valence-electron chi connectivity index (χ2n) is 3.97. The summed E-state index contributed by atoms with van der Waals surface area (Å²) in [4.78, 5) is 4.28. The predicted octanol–water partition coefficient (Wildman–Crippen LogP) is 3.58. The van der Waals surface area contributed by atoms with Gasteiger partial charge in [-0.25, -0.2) is 4.39 Å². The molecule has 3 aromatic rings. The Morgan fingerprint density at radius 2 is 2.00 bits per heavy atom. The van der Waals surface area contributed by atoms with Gasteiger partial charge in [0.15, 0.2) is 5.58 Å². The molecule has 0 bridgehead atoms. The molecule has 1 heterocycles. The van der Waals surface area contributed by atoms with Crippen LogP contribution < -0.4 is 5.32 Å². The van der Waals surface area contributed by atoms with E-state index in [0.717, 1.165) is 16.7 Å². The molecule has 0 saturated carbocycles. The fourth-order valence-corrected chi connectivity index (χ4v) is 1.77. The fraction of sp³-hybridized carbons (Fsp3) is 0.0714. The van der Waals surface area contributed by atoms with Gasteiger partial charge in [-0.1, -0.05) is 24.3 Å². The molecule has 2 aromatic carbocycles. The number of halogens is 1. The monoisotopic (exact) mass is 242 g/mol. The molecule has 0 aliphatic rings. The van der Waals surface area contributed by atoms with Crippen molar-refractivity contribution in [1.29, 1.82) is 0 Å². The van der Waals surface area contributed by atoms with Crippen LogP contribution in [0.25, 0.3) is 11.1 Å². The number of hydrogen-bond donors (Lipinski definition) is 1. The molecule has 0 atom stereocenters. The zero-order valence-corrected chi connectivity index (χ0v) is 9.56. The minimum Gasteiger partial charge on any atom is -0.424 e. The number of rotatable bonds is 3. The summed E-state index contributed by atoms with van der Waals surface area (Å²) in [7, 11) is 0. The maximum Gasteiger partial charge on any atom is 0.295 e. The van der Waals surface area contributed by atoms with Gasteiger partial charge in [0.2, 0.25) is 0 Å². The molecule has 0 amide bonds. The van der Waals surface area contributed by atoms with E-state index in [1.54, 1.807) is 6.07 Å². The molecule has 3 nitrogen and oxygen atoms in total.